The lowest BCUT2D eigenvalue weighted by Crippen LogP contribution is -2.75. The van der Waals surface area contributed by atoms with Crippen molar-refractivity contribution >= 4 is 39.3 Å². The molecule has 1 aliphatic carbocycles. The Morgan fingerprint density at radius 1 is 0.368 bits per heavy atom. The maximum Gasteiger partial charge on any atom is 0.416 e. The van der Waals surface area contributed by atoms with E-state index >= 15 is 0 Å². The summed E-state index contributed by atoms with van der Waals surface area (Å²) in [6, 6.07) is -8.81. The second-order valence-corrected chi connectivity index (χ2v) is 15.9. The zero-order valence-corrected chi connectivity index (χ0v) is 33.8. The van der Waals surface area contributed by atoms with Crippen molar-refractivity contribution in [2.45, 2.75) is 81.2 Å². The molecule has 1 aromatic heterocycles. The number of halogens is 24. The molecule has 28 heteroatoms. The number of thiazole rings is 1. The van der Waals surface area contributed by atoms with E-state index < -0.39 is 195 Å². The van der Waals surface area contributed by atoms with Gasteiger partial charge in [-0.2, -0.15) is 127 Å². The third-order valence-electron chi connectivity index (χ3n) is 10.5. The van der Waals surface area contributed by atoms with Crippen molar-refractivity contribution in [1.82, 2.24) is 0 Å². The van der Waals surface area contributed by atoms with Gasteiger partial charge < -0.3 is 0 Å². The Hall–Kier alpha value is -5.31. The second-order valence-electron chi connectivity index (χ2n) is 15.1. The lowest BCUT2D eigenvalue weighted by atomic mass is 9.12. The van der Waals surface area contributed by atoms with Crippen LogP contribution < -0.4 is 31.4 Å². The molecule has 6 rings (SSSR count). The van der Waals surface area contributed by atoms with E-state index in [0.717, 1.165) is 0 Å². The summed E-state index contributed by atoms with van der Waals surface area (Å²) in [5.41, 5.74) is -28.2. The van der Waals surface area contributed by atoms with E-state index in [1.54, 1.807) is 11.3 Å². The average Bonchev–Trinajstić information content (AvgIpc) is 3.91. The highest BCUT2D eigenvalue weighted by molar-refractivity contribution is 7.20. The van der Waals surface area contributed by atoms with Gasteiger partial charge in [-0.05, 0) is 49.9 Å². The Kier molecular flexibility index (Phi) is 14.4. The highest BCUT2D eigenvalue weighted by atomic mass is 32.1. The van der Waals surface area contributed by atoms with E-state index in [1.807, 2.05) is 21.8 Å². The van der Waals surface area contributed by atoms with Crippen LogP contribution in [-0.4, -0.2) is 12.2 Å². The lowest BCUT2D eigenvalue weighted by Gasteiger charge is -2.46. The van der Waals surface area contributed by atoms with Gasteiger partial charge in [0.05, 0.1) is 49.9 Å². The molecule has 0 aliphatic heterocycles. The Bertz CT molecular complexity index is 2120. The number of benzene rings is 4. The van der Waals surface area contributed by atoms with Crippen LogP contribution in [0.3, 0.4) is 0 Å². The fourth-order valence-corrected chi connectivity index (χ4v) is 8.02. The second kappa shape index (κ2) is 18.2. The zero-order valence-electron chi connectivity index (χ0n) is 33.0. The van der Waals surface area contributed by atoms with Crippen molar-refractivity contribution in [3.8, 4) is 0 Å². The van der Waals surface area contributed by atoms with Crippen LogP contribution in [0.15, 0.2) is 89.9 Å². The first-order chi connectivity index (χ1) is 30.7. The molecule has 1 heterocycles. The van der Waals surface area contributed by atoms with Gasteiger partial charge in [-0.3, -0.25) is 4.84 Å². The predicted molar refractivity (Wildman–Crippen MR) is 193 cm³/mol. The quantitative estimate of drug-likeness (QED) is 0.0938. The normalized spacial score (nSPS) is 15.1. The molecule has 372 valence electrons. The number of rotatable bonds is 6. The molecule has 0 atom stereocenters. The van der Waals surface area contributed by atoms with Gasteiger partial charge in [0.15, 0.2) is 6.10 Å². The molecule has 68 heavy (non-hydrogen) atoms. The molecular weight excluding hydrogens is 1010 g/mol. The standard InChI is InChI=1S/C32H12BF24.C8H12NOS/c34-25(35,36)13-1-14(26(37,38)39)6-21(5-13)33(22-7-15(27(40,41)42)2-16(8-22)28(43,44)45,23-9-17(29(46,47)48)3-18(10-23)30(49,50)51)24-11-19(31(52,53)54)4-20(12-24)32(55,56)57;1-2-4-8(3-1)10-9-5-6-11-7-9/h1-12H;5-8H,1-4H2/q-1;+1. The van der Waals surface area contributed by atoms with E-state index in [0.29, 0.717) is 6.10 Å². The number of nitrogens with zero attached hydrogens (tertiary/aromatic N) is 1. The third-order valence-corrected chi connectivity index (χ3v) is 11.1. The van der Waals surface area contributed by atoms with Gasteiger partial charge in [0.1, 0.15) is 6.15 Å². The van der Waals surface area contributed by atoms with Crippen molar-refractivity contribution in [3.63, 3.8) is 0 Å². The summed E-state index contributed by atoms with van der Waals surface area (Å²) >= 11 is 1.66. The zero-order chi connectivity index (χ0) is 51.4. The van der Waals surface area contributed by atoms with Crippen LogP contribution in [0, 0.1) is 0 Å². The maximum atomic E-state index is 14.2. The first kappa shape index (κ1) is 53.6. The molecule has 4 aromatic carbocycles. The van der Waals surface area contributed by atoms with Crippen molar-refractivity contribution in [2.75, 3.05) is 0 Å². The van der Waals surface area contributed by atoms with E-state index in [2.05, 4.69) is 0 Å². The fourth-order valence-electron chi connectivity index (χ4n) is 7.52. The summed E-state index contributed by atoms with van der Waals surface area (Å²) in [6.07, 6.45) is -47.3. The molecule has 0 spiro atoms. The SMILES string of the molecule is FC(F)(F)c1cc([B-](c2cc(C(F)(F)F)cc(C(F)(F)F)c2)(c2cc(C(F)(F)F)cc(C(F)(F)F)c2)c2cc(C(F)(F)F)cc(C(F)(F)F)c2)cc(C(F)(F)F)c1.c1c[n+](OC2CCCC2)cs1. The molecule has 1 saturated carbocycles. The molecule has 2 nitrogen and oxygen atoms in total. The molecule has 0 radical (unpaired) electrons. The van der Waals surface area contributed by atoms with E-state index in [1.165, 1.54) is 25.7 Å². The van der Waals surface area contributed by atoms with Crippen molar-refractivity contribution in [2.24, 2.45) is 0 Å². The summed E-state index contributed by atoms with van der Waals surface area (Å²) < 4.78 is 343. The van der Waals surface area contributed by atoms with Gasteiger partial charge in [-0.1, -0.05) is 59.9 Å². The summed E-state index contributed by atoms with van der Waals surface area (Å²) in [4.78, 5) is 5.64. The van der Waals surface area contributed by atoms with Gasteiger partial charge in [0, 0.05) is 4.73 Å². The molecule has 1 aliphatic rings. The Morgan fingerprint density at radius 2 is 0.588 bits per heavy atom. The van der Waals surface area contributed by atoms with Crippen molar-refractivity contribution in [3.05, 3.63) is 134 Å². The first-order valence-corrected chi connectivity index (χ1v) is 19.6. The summed E-state index contributed by atoms with van der Waals surface area (Å²) in [5.74, 6) is 0. The third kappa shape index (κ3) is 12.3. The van der Waals surface area contributed by atoms with Crippen LogP contribution >= 0.6 is 11.3 Å². The van der Waals surface area contributed by atoms with Crippen LogP contribution in [0.25, 0.3) is 0 Å². The highest BCUT2D eigenvalue weighted by Crippen LogP contribution is 2.41. The minimum Gasteiger partial charge on any atom is -0.267 e. The van der Waals surface area contributed by atoms with Gasteiger partial charge in [-0.15, -0.1) is 0 Å². The number of alkyl halides is 24. The van der Waals surface area contributed by atoms with Crippen LogP contribution in [0.2, 0.25) is 0 Å². The predicted octanol–water partition coefficient (Wildman–Crippen LogP) is 12.6. The summed E-state index contributed by atoms with van der Waals surface area (Å²) in [6.45, 7) is 0. The van der Waals surface area contributed by atoms with Gasteiger partial charge in [0.2, 0.25) is 6.20 Å². The van der Waals surface area contributed by atoms with Crippen LogP contribution in [0.1, 0.15) is 70.2 Å². The first-order valence-electron chi connectivity index (χ1n) is 18.7. The Morgan fingerprint density at radius 3 is 0.765 bits per heavy atom. The lowest BCUT2D eigenvalue weighted by molar-refractivity contribution is -0.895. The summed E-state index contributed by atoms with van der Waals surface area (Å²) in [5, 5.41) is 2.02. The monoisotopic (exact) mass is 1030 g/mol. The van der Waals surface area contributed by atoms with Gasteiger partial charge in [0.25, 0.3) is 5.51 Å². The maximum absolute atomic E-state index is 14.2. The minimum absolute atomic E-state index is 0.467. The Balaban J connectivity index is 0.000000680. The largest absolute Gasteiger partial charge is 0.416 e. The van der Waals surface area contributed by atoms with E-state index in [-0.39, 0.29) is 0 Å². The minimum atomic E-state index is -6.13. The molecule has 0 N–H and O–H groups in total. The number of hydrogen-bond acceptors (Lipinski definition) is 2. The van der Waals surface area contributed by atoms with E-state index in [9.17, 15) is 105 Å². The average molecular weight is 1030 g/mol. The summed E-state index contributed by atoms with van der Waals surface area (Å²) in [7, 11) is 0. The number of aromatic nitrogens is 1. The molecule has 1 fully saturated rings. The molecule has 5 aromatic rings. The topological polar surface area (TPSA) is 13.1 Å². The molecule has 0 bridgehead atoms. The van der Waals surface area contributed by atoms with Crippen molar-refractivity contribution in [1.29, 1.82) is 0 Å². The molecular formula is C40H24BF24NOS. The highest BCUT2D eigenvalue weighted by Gasteiger charge is 2.47. The van der Waals surface area contributed by atoms with Gasteiger partial charge in [-0.25, -0.2) is 0 Å². The molecule has 0 amide bonds. The fraction of sp³-hybridized carbons (Fsp3) is 0.325. The number of hydrogen-bond donors (Lipinski definition) is 0. The van der Waals surface area contributed by atoms with Crippen molar-refractivity contribution < 1.29 is 115 Å². The Labute approximate surface area is 369 Å². The molecule has 0 saturated heterocycles. The smallest absolute Gasteiger partial charge is 0.267 e. The van der Waals surface area contributed by atoms with Crippen LogP contribution in [-0.2, 0) is 49.4 Å². The molecule has 0 unspecified atom stereocenters. The van der Waals surface area contributed by atoms with Crippen LogP contribution in [0.4, 0.5) is 105 Å². The van der Waals surface area contributed by atoms with E-state index in [4.69, 9.17) is 4.84 Å². The van der Waals surface area contributed by atoms with Gasteiger partial charge >= 0.3 is 49.4 Å². The van der Waals surface area contributed by atoms with Crippen LogP contribution in [0.5, 0.6) is 0 Å².